The molecule has 1 aromatic rings. The summed E-state index contributed by atoms with van der Waals surface area (Å²) in [7, 11) is 0. The molecule has 0 aromatic heterocycles. The molecule has 1 aliphatic heterocycles. The molecule has 1 heterocycles. The molecule has 0 radical (unpaired) electrons. The van der Waals surface area contributed by atoms with Crippen molar-refractivity contribution in [1.29, 1.82) is 5.26 Å². The molecule has 0 saturated carbocycles. The van der Waals surface area contributed by atoms with Crippen LogP contribution in [0.25, 0.3) is 0 Å². The highest BCUT2D eigenvalue weighted by atomic mass is 16.7. The number of phenols is 1. The number of ether oxygens (including phenoxy) is 2. The first kappa shape index (κ1) is 7.74. The Kier molecular flexibility index (Phi) is 1.71. The number of hydrogen-bond donors (Lipinski definition) is 1. The van der Waals surface area contributed by atoms with Crippen LogP contribution in [0.4, 0.5) is 0 Å². The average molecular weight is 177 g/mol. The second-order valence-electron chi connectivity index (χ2n) is 2.67. The SMILES string of the molecule is N#CCc1cc(O)cc2c1OCO2. The molecule has 1 aromatic carbocycles. The Morgan fingerprint density at radius 1 is 1.46 bits per heavy atom. The third kappa shape index (κ3) is 1.25. The molecule has 4 heteroatoms. The number of phenolic OH excluding ortho intramolecular Hbond substituents is 1. The molecular weight excluding hydrogens is 170 g/mol. The molecular formula is C9H7NO3. The Hall–Kier alpha value is -1.89. The molecule has 2 rings (SSSR count). The summed E-state index contributed by atoms with van der Waals surface area (Å²) in [5, 5.41) is 17.8. The van der Waals surface area contributed by atoms with E-state index in [1.165, 1.54) is 12.1 Å². The molecule has 0 spiro atoms. The lowest BCUT2D eigenvalue weighted by Crippen LogP contribution is -1.94. The van der Waals surface area contributed by atoms with Crippen LogP contribution in [-0.2, 0) is 6.42 Å². The van der Waals surface area contributed by atoms with Gasteiger partial charge in [0.05, 0.1) is 12.5 Å². The van der Waals surface area contributed by atoms with Crippen molar-refractivity contribution in [2.24, 2.45) is 0 Å². The fourth-order valence-electron chi connectivity index (χ4n) is 1.28. The molecule has 66 valence electrons. The van der Waals surface area contributed by atoms with Crippen LogP contribution in [0.3, 0.4) is 0 Å². The smallest absolute Gasteiger partial charge is 0.231 e. The van der Waals surface area contributed by atoms with Crippen LogP contribution in [0.2, 0.25) is 0 Å². The maximum absolute atomic E-state index is 9.26. The van der Waals surface area contributed by atoms with Crippen LogP contribution >= 0.6 is 0 Å². The van der Waals surface area contributed by atoms with Gasteiger partial charge in [-0.15, -0.1) is 0 Å². The van der Waals surface area contributed by atoms with Gasteiger partial charge >= 0.3 is 0 Å². The molecule has 1 aliphatic rings. The quantitative estimate of drug-likeness (QED) is 0.699. The highest BCUT2D eigenvalue weighted by molar-refractivity contribution is 5.53. The summed E-state index contributed by atoms with van der Waals surface area (Å²) in [5.74, 6) is 1.17. The first-order valence-corrected chi connectivity index (χ1v) is 3.79. The van der Waals surface area contributed by atoms with Gasteiger partial charge in [0.15, 0.2) is 11.5 Å². The first-order chi connectivity index (χ1) is 6.31. The number of nitriles is 1. The Morgan fingerprint density at radius 2 is 2.31 bits per heavy atom. The van der Waals surface area contributed by atoms with E-state index < -0.39 is 0 Å². The van der Waals surface area contributed by atoms with Gasteiger partial charge in [0.2, 0.25) is 6.79 Å². The zero-order valence-electron chi connectivity index (χ0n) is 6.78. The van der Waals surface area contributed by atoms with Gasteiger partial charge in [0.1, 0.15) is 5.75 Å². The van der Waals surface area contributed by atoms with Crippen molar-refractivity contribution >= 4 is 0 Å². The van der Waals surface area contributed by atoms with Crippen LogP contribution < -0.4 is 9.47 Å². The lowest BCUT2D eigenvalue weighted by Gasteiger charge is -2.02. The van der Waals surface area contributed by atoms with E-state index in [1.54, 1.807) is 0 Å². The molecule has 0 atom stereocenters. The maximum atomic E-state index is 9.26. The summed E-state index contributed by atoms with van der Waals surface area (Å²) in [6.45, 7) is 0.150. The van der Waals surface area contributed by atoms with Gasteiger partial charge in [0.25, 0.3) is 0 Å². The summed E-state index contributed by atoms with van der Waals surface area (Å²) >= 11 is 0. The number of fused-ring (bicyclic) bond motifs is 1. The van der Waals surface area contributed by atoms with E-state index in [2.05, 4.69) is 0 Å². The molecule has 0 amide bonds. The van der Waals surface area contributed by atoms with Crippen LogP contribution in [-0.4, -0.2) is 11.9 Å². The minimum absolute atomic E-state index is 0.0921. The van der Waals surface area contributed by atoms with Gasteiger partial charge in [-0.2, -0.15) is 5.26 Å². The summed E-state index contributed by atoms with van der Waals surface area (Å²) in [4.78, 5) is 0. The van der Waals surface area contributed by atoms with E-state index in [0.717, 1.165) is 0 Å². The van der Waals surface area contributed by atoms with E-state index >= 15 is 0 Å². The predicted octanol–water partition coefficient (Wildman–Crippen LogP) is 1.19. The number of benzene rings is 1. The van der Waals surface area contributed by atoms with Crippen molar-refractivity contribution in [2.75, 3.05) is 6.79 Å². The zero-order valence-corrected chi connectivity index (χ0v) is 6.78. The summed E-state index contributed by atoms with van der Waals surface area (Å²) < 4.78 is 10.2. The van der Waals surface area contributed by atoms with E-state index in [1.807, 2.05) is 6.07 Å². The zero-order chi connectivity index (χ0) is 9.26. The van der Waals surface area contributed by atoms with Crippen LogP contribution in [0.15, 0.2) is 12.1 Å². The fourth-order valence-corrected chi connectivity index (χ4v) is 1.28. The second-order valence-corrected chi connectivity index (χ2v) is 2.67. The topological polar surface area (TPSA) is 62.5 Å². The normalized spacial score (nSPS) is 12.5. The Balaban J connectivity index is 2.50. The van der Waals surface area contributed by atoms with Crippen molar-refractivity contribution in [3.63, 3.8) is 0 Å². The molecule has 0 fully saturated rings. The molecule has 0 bridgehead atoms. The predicted molar refractivity (Wildman–Crippen MR) is 43.5 cm³/mol. The minimum Gasteiger partial charge on any atom is -0.508 e. The lowest BCUT2D eigenvalue weighted by molar-refractivity contribution is 0.173. The second kappa shape index (κ2) is 2.87. The van der Waals surface area contributed by atoms with Gasteiger partial charge in [-0.3, -0.25) is 0 Å². The number of nitrogens with zero attached hydrogens (tertiary/aromatic N) is 1. The fraction of sp³-hybridized carbons (Fsp3) is 0.222. The largest absolute Gasteiger partial charge is 0.508 e. The Morgan fingerprint density at radius 3 is 3.08 bits per heavy atom. The van der Waals surface area contributed by atoms with Crippen LogP contribution in [0.5, 0.6) is 17.2 Å². The Bertz CT molecular complexity index is 381. The van der Waals surface area contributed by atoms with Crippen molar-refractivity contribution in [3.05, 3.63) is 17.7 Å². The average Bonchev–Trinajstić information content (AvgIpc) is 2.52. The van der Waals surface area contributed by atoms with Crippen molar-refractivity contribution in [2.45, 2.75) is 6.42 Å². The van der Waals surface area contributed by atoms with Gasteiger partial charge < -0.3 is 14.6 Å². The van der Waals surface area contributed by atoms with Gasteiger partial charge in [-0.25, -0.2) is 0 Å². The monoisotopic (exact) mass is 177 g/mol. The Labute approximate surface area is 74.9 Å². The molecule has 0 unspecified atom stereocenters. The summed E-state index contributed by atoms with van der Waals surface area (Å²) in [6, 6.07) is 4.98. The minimum atomic E-state index is 0.0921. The summed E-state index contributed by atoms with van der Waals surface area (Å²) in [6.07, 6.45) is 0.208. The summed E-state index contributed by atoms with van der Waals surface area (Å²) in [5.41, 5.74) is 0.662. The number of aromatic hydroxyl groups is 1. The van der Waals surface area contributed by atoms with Crippen molar-refractivity contribution in [3.8, 4) is 23.3 Å². The van der Waals surface area contributed by atoms with Crippen LogP contribution in [0.1, 0.15) is 5.56 Å². The number of rotatable bonds is 1. The van der Waals surface area contributed by atoms with E-state index in [-0.39, 0.29) is 19.0 Å². The van der Waals surface area contributed by atoms with Crippen molar-refractivity contribution < 1.29 is 14.6 Å². The third-order valence-electron chi connectivity index (χ3n) is 1.80. The standard InChI is InChI=1S/C9H7NO3/c10-2-1-6-3-7(11)4-8-9(6)13-5-12-8/h3-4,11H,1,5H2. The molecule has 4 nitrogen and oxygen atoms in total. The molecule has 1 N–H and O–H groups in total. The first-order valence-electron chi connectivity index (χ1n) is 3.79. The van der Waals surface area contributed by atoms with Crippen LogP contribution in [0, 0.1) is 11.3 Å². The van der Waals surface area contributed by atoms with Gasteiger partial charge in [-0.1, -0.05) is 0 Å². The molecule has 13 heavy (non-hydrogen) atoms. The lowest BCUT2D eigenvalue weighted by atomic mass is 10.1. The van der Waals surface area contributed by atoms with Crippen molar-refractivity contribution in [1.82, 2.24) is 0 Å². The third-order valence-corrected chi connectivity index (χ3v) is 1.80. The van der Waals surface area contributed by atoms with E-state index in [0.29, 0.717) is 17.1 Å². The van der Waals surface area contributed by atoms with E-state index in [4.69, 9.17) is 14.7 Å². The molecule has 0 saturated heterocycles. The highest BCUT2D eigenvalue weighted by Crippen LogP contribution is 2.38. The van der Waals surface area contributed by atoms with E-state index in [9.17, 15) is 5.11 Å². The maximum Gasteiger partial charge on any atom is 0.231 e. The van der Waals surface area contributed by atoms with Gasteiger partial charge in [0, 0.05) is 11.6 Å². The highest BCUT2D eigenvalue weighted by Gasteiger charge is 2.18. The van der Waals surface area contributed by atoms with Gasteiger partial charge in [-0.05, 0) is 6.07 Å². The molecule has 0 aliphatic carbocycles. The number of hydrogen-bond acceptors (Lipinski definition) is 4.